The molecule has 100 valence electrons. The fourth-order valence-electron chi connectivity index (χ4n) is 3.42. The Morgan fingerprint density at radius 1 is 0.650 bits per heavy atom. The third-order valence-corrected chi connectivity index (χ3v) is 4.43. The molecule has 1 aliphatic heterocycles. The Morgan fingerprint density at radius 2 is 1.15 bits per heavy atom. The number of benzene rings is 2. The molecule has 0 aromatic heterocycles. The molecule has 0 radical (unpaired) electrons. The minimum absolute atomic E-state index is 1.20. The Bertz CT molecular complexity index is 615. The van der Waals surface area contributed by atoms with Crippen molar-refractivity contribution in [3.8, 4) is 11.1 Å². The van der Waals surface area contributed by atoms with Gasteiger partial charge in [-0.05, 0) is 41.5 Å². The van der Waals surface area contributed by atoms with Gasteiger partial charge in [0.25, 0.3) is 0 Å². The van der Waals surface area contributed by atoms with Crippen LogP contribution < -0.4 is 0 Å². The maximum Gasteiger partial charge on any atom is 0.0172 e. The molecule has 20 heavy (non-hydrogen) atoms. The van der Waals surface area contributed by atoms with Crippen molar-refractivity contribution in [1.82, 2.24) is 4.90 Å². The highest BCUT2D eigenvalue weighted by Crippen LogP contribution is 2.44. The van der Waals surface area contributed by atoms with Crippen LogP contribution in [0.1, 0.15) is 30.4 Å². The first-order valence-electron chi connectivity index (χ1n) is 7.58. The highest BCUT2D eigenvalue weighted by molar-refractivity contribution is 6.00. The molecule has 0 saturated carbocycles. The van der Waals surface area contributed by atoms with Gasteiger partial charge in [0, 0.05) is 24.9 Å². The van der Waals surface area contributed by atoms with Crippen LogP contribution in [0.2, 0.25) is 0 Å². The van der Waals surface area contributed by atoms with Crippen molar-refractivity contribution in [2.24, 2.45) is 0 Å². The molecular formula is C19H19N. The lowest BCUT2D eigenvalue weighted by Gasteiger charge is -2.26. The van der Waals surface area contributed by atoms with Gasteiger partial charge >= 0.3 is 0 Å². The summed E-state index contributed by atoms with van der Waals surface area (Å²) in [5.74, 6) is 0. The van der Waals surface area contributed by atoms with Crippen molar-refractivity contribution < 1.29 is 0 Å². The van der Waals surface area contributed by atoms with Crippen molar-refractivity contribution in [3.05, 3.63) is 65.9 Å². The lowest BCUT2D eigenvalue weighted by Crippen LogP contribution is -2.24. The highest BCUT2D eigenvalue weighted by Gasteiger charge is 2.23. The second kappa shape index (κ2) is 4.82. The number of hydrogen-bond acceptors (Lipinski definition) is 1. The van der Waals surface area contributed by atoms with Gasteiger partial charge in [-0.1, -0.05) is 48.5 Å². The van der Waals surface area contributed by atoms with Gasteiger partial charge in [0.2, 0.25) is 0 Å². The standard InChI is InChI=1S/C19H19N/c1-6-12-20(13-7-1)14-19-17-10-4-2-8-15(17)16-9-3-5-11-18(16)19/h2-5,8-11,14H,1,6-7,12-13H2. The molecule has 0 N–H and O–H groups in total. The molecule has 0 bridgehead atoms. The predicted molar refractivity (Wildman–Crippen MR) is 84.4 cm³/mol. The van der Waals surface area contributed by atoms with Crippen molar-refractivity contribution in [1.29, 1.82) is 0 Å². The van der Waals surface area contributed by atoms with Crippen LogP contribution in [0, 0.1) is 0 Å². The Morgan fingerprint density at radius 3 is 1.70 bits per heavy atom. The monoisotopic (exact) mass is 261 g/mol. The van der Waals surface area contributed by atoms with Crippen molar-refractivity contribution in [3.63, 3.8) is 0 Å². The molecule has 4 rings (SSSR count). The molecule has 1 aliphatic carbocycles. The smallest absolute Gasteiger partial charge is 0.0172 e. The number of fused-ring (bicyclic) bond motifs is 3. The second-order valence-corrected chi connectivity index (χ2v) is 5.73. The molecule has 1 saturated heterocycles. The first kappa shape index (κ1) is 11.8. The number of likely N-dealkylation sites (tertiary alicyclic amines) is 1. The minimum Gasteiger partial charge on any atom is -0.377 e. The summed E-state index contributed by atoms with van der Waals surface area (Å²) in [6.45, 7) is 2.40. The summed E-state index contributed by atoms with van der Waals surface area (Å²) in [5.41, 5.74) is 6.94. The van der Waals surface area contributed by atoms with E-state index in [2.05, 4.69) is 59.6 Å². The zero-order valence-corrected chi connectivity index (χ0v) is 11.7. The first-order chi connectivity index (χ1) is 9.93. The van der Waals surface area contributed by atoms with Gasteiger partial charge in [0.15, 0.2) is 0 Å². The molecule has 1 heteroatoms. The first-order valence-corrected chi connectivity index (χ1v) is 7.58. The molecule has 0 amide bonds. The number of hydrogen-bond donors (Lipinski definition) is 0. The van der Waals surface area contributed by atoms with Crippen LogP contribution in [0.3, 0.4) is 0 Å². The zero-order valence-electron chi connectivity index (χ0n) is 11.7. The maximum atomic E-state index is 2.50. The van der Waals surface area contributed by atoms with E-state index in [1.807, 2.05) is 0 Å². The normalized spacial score (nSPS) is 16.8. The average Bonchev–Trinajstić information content (AvgIpc) is 2.84. The molecular weight excluding hydrogens is 242 g/mol. The number of piperidine rings is 1. The predicted octanol–water partition coefficient (Wildman–Crippen LogP) is 4.54. The van der Waals surface area contributed by atoms with E-state index in [1.54, 1.807) is 0 Å². The van der Waals surface area contributed by atoms with E-state index < -0.39 is 0 Å². The second-order valence-electron chi connectivity index (χ2n) is 5.73. The minimum atomic E-state index is 1.20. The third kappa shape index (κ3) is 1.85. The number of nitrogens with zero attached hydrogens (tertiary/aromatic N) is 1. The van der Waals surface area contributed by atoms with Gasteiger partial charge in [-0.15, -0.1) is 0 Å². The summed E-state index contributed by atoms with van der Waals surface area (Å²) >= 11 is 0. The van der Waals surface area contributed by atoms with Crippen LogP contribution in [-0.2, 0) is 0 Å². The Labute approximate surface area is 120 Å². The van der Waals surface area contributed by atoms with E-state index in [4.69, 9.17) is 0 Å². The largest absolute Gasteiger partial charge is 0.377 e. The van der Waals surface area contributed by atoms with Crippen LogP contribution in [0.4, 0.5) is 0 Å². The lowest BCUT2D eigenvalue weighted by atomic mass is 10.0. The van der Waals surface area contributed by atoms with Crippen LogP contribution >= 0.6 is 0 Å². The van der Waals surface area contributed by atoms with Crippen molar-refractivity contribution in [2.75, 3.05) is 13.1 Å². The molecule has 1 nitrogen and oxygen atoms in total. The van der Waals surface area contributed by atoms with E-state index in [-0.39, 0.29) is 0 Å². The number of rotatable bonds is 1. The van der Waals surface area contributed by atoms with Crippen molar-refractivity contribution >= 4 is 5.57 Å². The fraction of sp³-hybridized carbons (Fsp3) is 0.263. The molecule has 0 atom stereocenters. The molecule has 0 unspecified atom stereocenters. The maximum absolute atomic E-state index is 2.50. The molecule has 2 aromatic rings. The lowest BCUT2D eigenvalue weighted by molar-refractivity contribution is 0.310. The Balaban J connectivity index is 1.84. The average molecular weight is 261 g/mol. The Hall–Kier alpha value is -2.02. The van der Waals surface area contributed by atoms with Gasteiger partial charge in [0.1, 0.15) is 0 Å². The van der Waals surface area contributed by atoms with Gasteiger partial charge in [-0.3, -0.25) is 0 Å². The molecule has 2 aromatic carbocycles. The fourth-order valence-corrected chi connectivity index (χ4v) is 3.42. The van der Waals surface area contributed by atoms with Gasteiger partial charge in [0.05, 0.1) is 0 Å². The van der Waals surface area contributed by atoms with Gasteiger partial charge < -0.3 is 4.90 Å². The third-order valence-electron chi connectivity index (χ3n) is 4.43. The van der Waals surface area contributed by atoms with Crippen LogP contribution in [0.15, 0.2) is 54.7 Å². The van der Waals surface area contributed by atoms with Crippen LogP contribution in [0.5, 0.6) is 0 Å². The zero-order chi connectivity index (χ0) is 13.4. The molecule has 2 aliphatic rings. The topological polar surface area (TPSA) is 3.24 Å². The van der Waals surface area contributed by atoms with Gasteiger partial charge in [-0.25, -0.2) is 0 Å². The SMILES string of the molecule is C(=C1c2ccccc2-c2ccccc21)N1CCCCC1. The molecule has 1 fully saturated rings. The summed E-state index contributed by atoms with van der Waals surface area (Å²) in [4.78, 5) is 2.50. The molecule has 1 heterocycles. The molecule has 0 spiro atoms. The summed E-state index contributed by atoms with van der Waals surface area (Å²) in [5, 5.41) is 0. The summed E-state index contributed by atoms with van der Waals surface area (Å²) in [7, 11) is 0. The summed E-state index contributed by atoms with van der Waals surface area (Å²) < 4.78 is 0. The van der Waals surface area contributed by atoms with Gasteiger partial charge in [-0.2, -0.15) is 0 Å². The van der Waals surface area contributed by atoms with E-state index in [1.165, 1.54) is 60.2 Å². The highest BCUT2D eigenvalue weighted by atomic mass is 15.1. The van der Waals surface area contributed by atoms with E-state index >= 15 is 0 Å². The van der Waals surface area contributed by atoms with E-state index in [0.717, 1.165) is 0 Å². The van der Waals surface area contributed by atoms with Crippen molar-refractivity contribution in [2.45, 2.75) is 19.3 Å². The summed E-state index contributed by atoms with van der Waals surface area (Å²) in [6, 6.07) is 17.6. The Kier molecular flexibility index (Phi) is 2.84. The van der Waals surface area contributed by atoms with Crippen LogP contribution in [-0.4, -0.2) is 18.0 Å². The van der Waals surface area contributed by atoms with E-state index in [9.17, 15) is 0 Å². The summed E-state index contributed by atoms with van der Waals surface area (Å²) in [6.07, 6.45) is 6.43. The quantitative estimate of drug-likeness (QED) is 0.621. The van der Waals surface area contributed by atoms with Crippen LogP contribution in [0.25, 0.3) is 16.7 Å². The van der Waals surface area contributed by atoms with E-state index in [0.29, 0.717) is 0 Å².